The first-order valence-electron chi connectivity index (χ1n) is 6.33. The van der Waals surface area contributed by atoms with Crippen LogP contribution in [-0.2, 0) is 0 Å². The van der Waals surface area contributed by atoms with Crippen molar-refractivity contribution in [2.24, 2.45) is 0 Å². The smallest absolute Gasteiger partial charge is 0.233 e. The van der Waals surface area contributed by atoms with Gasteiger partial charge >= 0.3 is 0 Å². The summed E-state index contributed by atoms with van der Waals surface area (Å²) in [7, 11) is 1.43. The zero-order valence-electron chi connectivity index (χ0n) is 11.8. The van der Waals surface area contributed by atoms with E-state index in [1.54, 1.807) is 6.92 Å². The molecule has 0 unspecified atom stereocenters. The van der Waals surface area contributed by atoms with Crippen molar-refractivity contribution >= 4 is 12.2 Å². The van der Waals surface area contributed by atoms with Crippen molar-refractivity contribution in [2.75, 3.05) is 7.11 Å². The molecule has 1 aromatic carbocycles. The molecule has 0 atom stereocenters. The number of aromatic nitrogens is 1. The van der Waals surface area contributed by atoms with Gasteiger partial charge in [0.1, 0.15) is 17.7 Å². The maximum atomic E-state index is 9.25. The number of nitrogens with zero attached hydrogens (tertiary/aromatic N) is 3. The zero-order chi connectivity index (χ0) is 15.2. The lowest BCUT2D eigenvalue weighted by molar-refractivity contribution is 0.396. The van der Waals surface area contributed by atoms with E-state index in [1.807, 2.05) is 48.6 Å². The molecule has 0 radical (unpaired) electrons. The van der Waals surface area contributed by atoms with Crippen molar-refractivity contribution in [3.8, 4) is 18.0 Å². The number of hydrogen-bond acceptors (Lipinski definition) is 4. The zero-order valence-corrected chi connectivity index (χ0v) is 11.8. The molecule has 21 heavy (non-hydrogen) atoms. The number of rotatable bonds is 3. The van der Waals surface area contributed by atoms with Gasteiger partial charge in [-0.2, -0.15) is 10.5 Å². The third-order valence-electron chi connectivity index (χ3n) is 3.10. The molecule has 0 aliphatic heterocycles. The number of benzene rings is 1. The first-order valence-corrected chi connectivity index (χ1v) is 6.33. The van der Waals surface area contributed by atoms with Crippen molar-refractivity contribution in [3.05, 3.63) is 58.3 Å². The van der Waals surface area contributed by atoms with Crippen LogP contribution in [-0.4, -0.2) is 12.1 Å². The van der Waals surface area contributed by atoms with Gasteiger partial charge in [-0.1, -0.05) is 36.4 Å². The SMILES string of the molecule is COc1nc(/C=C/c2ccccc2)c(C)c(C#N)c1C#N. The van der Waals surface area contributed by atoms with Gasteiger partial charge in [0.25, 0.3) is 0 Å². The molecule has 1 aromatic heterocycles. The lowest BCUT2D eigenvalue weighted by Crippen LogP contribution is -2.01. The summed E-state index contributed by atoms with van der Waals surface area (Å²) < 4.78 is 5.11. The maximum Gasteiger partial charge on any atom is 0.233 e. The van der Waals surface area contributed by atoms with E-state index < -0.39 is 0 Å². The average molecular weight is 275 g/mol. The van der Waals surface area contributed by atoms with Crippen LogP contribution in [0, 0.1) is 29.6 Å². The molecule has 4 nitrogen and oxygen atoms in total. The second kappa shape index (κ2) is 6.36. The minimum absolute atomic E-state index is 0.173. The number of pyridine rings is 1. The van der Waals surface area contributed by atoms with Crippen LogP contribution in [0.1, 0.15) is 27.9 Å². The van der Waals surface area contributed by atoms with Gasteiger partial charge in [0.15, 0.2) is 0 Å². The minimum atomic E-state index is 0.173. The molecule has 0 aliphatic rings. The Balaban J connectivity index is 2.53. The van der Waals surface area contributed by atoms with Crippen LogP contribution in [0.5, 0.6) is 5.88 Å². The first kappa shape index (κ1) is 14.3. The summed E-state index contributed by atoms with van der Waals surface area (Å²) in [4.78, 5) is 4.30. The second-order valence-corrected chi connectivity index (χ2v) is 4.35. The van der Waals surface area contributed by atoms with E-state index in [4.69, 9.17) is 10.00 Å². The summed E-state index contributed by atoms with van der Waals surface area (Å²) in [5.41, 5.74) is 2.79. The molecule has 0 N–H and O–H groups in total. The predicted octanol–water partition coefficient (Wildman–Crippen LogP) is 3.31. The number of ether oxygens (including phenoxy) is 1. The van der Waals surface area contributed by atoms with Crippen molar-refractivity contribution in [1.82, 2.24) is 4.98 Å². The summed E-state index contributed by atoms with van der Waals surface area (Å²) in [6.45, 7) is 1.77. The molecule has 102 valence electrons. The Labute approximate surface area is 123 Å². The maximum absolute atomic E-state index is 9.25. The molecule has 0 fully saturated rings. The minimum Gasteiger partial charge on any atom is -0.480 e. The van der Waals surface area contributed by atoms with Gasteiger partial charge < -0.3 is 4.74 Å². The van der Waals surface area contributed by atoms with Gasteiger partial charge in [0.2, 0.25) is 5.88 Å². The third-order valence-corrected chi connectivity index (χ3v) is 3.10. The van der Waals surface area contributed by atoms with E-state index in [2.05, 4.69) is 11.1 Å². The van der Waals surface area contributed by atoms with Crippen molar-refractivity contribution in [3.63, 3.8) is 0 Å². The molecular formula is C17H13N3O. The van der Waals surface area contributed by atoms with E-state index in [0.29, 0.717) is 16.8 Å². The Morgan fingerprint density at radius 3 is 2.29 bits per heavy atom. The summed E-state index contributed by atoms with van der Waals surface area (Å²) in [5, 5.41) is 18.4. The normalized spacial score (nSPS) is 10.1. The van der Waals surface area contributed by atoms with Gasteiger partial charge in [-0.15, -0.1) is 0 Å². The van der Waals surface area contributed by atoms with Crippen molar-refractivity contribution in [2.45, 2.75) is 6.92 Å². The highest BCUT2D eigenvalue weighted by atomic mass is 16.5. The summed E-state index contributed by atoms with van der Waals surface area (Å²) in [6, 6.07) is 13.8. The van der Waals surface area contributed by atoms with Crippen LogP contribution in [0.4, 0.5) is 0 Å². The molecular weight excluding hydrogens is 262 g/mol. The molecule has 0 saturated carbocycles. The van der Waals surface area contributed by atoms with Gasteiger partial charge in [-0.3, -0.25) is 0 Å². The van der Waals surface area contributed by atoms with Gasteiger partial charge in [0, 0.05) is 0 Å². The highest BCUT2D eigenvalue weighted by molar-refractivity contribution is 5.72. The molecule has 0 aliphatic carbocycles. The van der Waals surface area contributed by atoms with E-state index in [1.165, 1.54) is 7.11 Å². The fourth-order valence-corrected chi connectivity index (χ4v) is 1.96. The molecule has 2 rings (SSSR count). The Hall–Kier alpha value is -3.11. The molecule has 0 spiro atoms. The summed E-state index contributed by atoms with van der Waals surface area (Å²) >= 11 is 0. The predicted molar refractivity (Wildman–Crippen MR) is 80.3 cm³/mol. The highest BCUT2D eigenvalue weighted by Gasteiger charge is 2.16. The molecule has 0 bridgehead atoms. The largest absolute Gasteiger partial charge is 0.480 e. The lowest BCUT2D eigenvalue weighted by Gasteiger charge is -2.08. The van der Waals surface area contributed by atoms with Crippen LogP contribution in [0.25, 0.3) is 12.2 Å². The Morgan fingerprint density at radius 2 is 1.71 bits per heavy atom. The van der Waals surface area contributed by atoms with Crippen LogP contribution < -0.4 is 4.74 Å². The van der Waals surface area contributed by atoms with Crippen LogP contribution in [0.2, 0.25) is 0 Å². The van der Waals surface area contributed by atoms with Crippen LogP contribution in [0.15, 0.2) is 30.3 Å². The molecule has 2 aromatic rings. The van der Waals surface area contributed by atoms with Gasteiger partial charge in [-0.05, 0) is 24.1 Å². The van der Waals surface area contributed by atoms with Crippen LogP contribution >= 0.6 is 0 Å². The van der Waals surface area contributed by atoms with Gasteiger partial charge in [-0.25, -0.2) is 4.98 Å². The number of nitriles is 2. The monoisotopic (exact) mass is 275 g/mol. The number of methoxy groups -OCH3 is 1. The van der Waals surface area contributed by atoms with Gasteiger partial charge in [0.05, 0.1) is 18.4 Å². The van der Waals surface area contributed by atoms with E-state index in [9.17, 15) is 5.26 Å². The summed E-state index contributed by atoms with van der Waals surface area (Å²) in [5.74, 6) is 0.173. The van der Waals surface area contributed by atoms with Crippen molar-refractivity contribution < 1.29 is 4.74 Å². The fourth-order valence-electron chi connectivity index (χ4n) is 1.96. The number of hydrogen-bond donors (Lipinski definition) is 0. The molecule has 1 heterocycles. The van der Waals surface area contributed by atoms with E-state index in [-0.39, 0.29) is 11.4 Å². The first-order chi connectivity index (χ1) is 10.2. The Morgan fingerprint density at radius 1 is 1.05 bits per heavy atom. The molecule has 0 saturated heterocycles. The van der Waals surface area contributed by atoms with E-state index >= 15 is 0 Å². The van der Waals surface area contributed by atoms with E-state index in [0.717, 1.165) is 5.56 Å². The average Bonchev–Trinajstić information content (AvgIpc) is 2.54. The lowest BCUT2D eigenvalue weighted by atomic mass is 10.0. The standard InChI is InChI=1S/C17H13N3O/c1-12-14(10-18)15(11-19)17(21-2)20-16(12)9-8-13-6-4-3-5-7-13/h3-9H,1-2H3/b9-8+. The van der Waals surface area contributed by atoms with Crippen LogP contribution in [0.3, 0.4) is 0 Å². The molecule has 4 heteroatoms. The quantitative estimate of drug-likeness (QED) is 0.861. The highest BCUT2D eigenvalue weighted by Crippen LogP contribution is 2.25. The topological polar surface area (TPSA) is 69.7 Å². The Kier molecular flexibility index (Phi) is 4.33. The summed E-state index contributed by atoms with van der Waals surface area (Å²) in [6.07, 6.45) is 3.72. The fraction of sp³-hybridized carbons (Fsp3) is 0.118. The van der Waals surface area contributed by atoms with Crippen molar-refractivity contribution in [1.29, 1.82) is 10.5 Å². The second-order valence-electron chi connectivity index (χ2n) is 4.35. The Bertz CT molecular complexity index is 765. The molecule has 0 amide bonds. The third kappa shape index (κ3) is 2.91.